The van der Waals surface area contributed by atoms with Crippen molar-refractivity contribution in [2.75, 3.05) is 51.3 Å². The first-order chi connectivity index (χ1) is 10.2. The third-order valence-electron chi connectivity index (χ3n) is 4.56. The number of nitrogens with zero attached hydrogens (tertiary/aromatic N) is 2. The highest BCUT2D eigenvalue weighted by molar-refractivity contribution is 5.46. The van der Waals surface area contributed by atoms with Crippen molar-refractivity contribution in [1.82, 2.24) is 10.2 Å². The van der Waals surface area contributed by atoms with Crippen LogP contribution in [0.15, 0.2) is 24.3 Å². The number of nitrogens with one attached hydrogen (secondary N) is 1. The molecule has 4 nitrogen and oxygen atoms in total. The molecule has 0 saturated carbocycles. The molecule has 5 heteroatoms. The Morgan fingerprint density at radius 1 is 1.19 bits per heavy atom. The van der Waals surface area contributed by atoms with Crippen LogP contribution in [0.5, 0.6) is 0 Å². The number of methoxy groups -OCH3 is 1. The van der Waals surface area contributed by atoms with Gasteiger partial charge in [-0.3, -0.25) is 4.90 Å². The van der Waals surface area contributed by atoms with Crippen LogP contribution in [0.3, 0.4) is 0 Å². The number of rotatable bonds is 4. The summed E-state index contributed by atoms with van der Waals surface area (Å²) in [4.78, 5) is 4.84. The summed E-state index contributed by atoms with van der Waals surface area (Å²) in [5.74, 6) is -0.169. The highest BCUT2D eigenvalue weighted by Gasteiger charge is 2.26. The third kappa shape index (κ3) is 3.73. The molecule has 2 aliphatic heterocycles. The van der Waals surface area contributed by atoms with Crippen LogP contribution in [-0.2, 0) is 4.74 Å². The Morgan fingerprint density at radius 2 is 1.90 bits per heavy atom. The van der Waals surface area contributed by atoms with Crippen molar-refractivity contribution in [3.8, 4) is 0 Å². The second-order valence-electron chi connectivity index (χ2n) is 5.96. The van der Waals surface area contributed by atoms with Gasteiger partial charge in [0.05, 0.1) is 6.10 Å². The van der Waals surface area contributed by atoms with Crippen LogP contribution in [0.2, 0.25) is 0 Å². The molecule has 2 atom stereocenters. The first-order valence-electron chi connectivity index (χ1n) is 7.73. The highest BCUT2D eigenvalue weighted by atomic mass is 19.1. The van der Waals surface area contributed by atoms with E-state index >= 15 is 0 Å². The molecule has 0 aliphatic carbocycles. The Balaban J connectivity index is 1.46. The summed E-state index contributed by atoms with van der Waals surface area (Å²) in [5, 5.41) is 3.53. The quantitative estimate of drug-likeness (QED) is 0.906. The minimum atomic E-state index is -0.169. The Bertz CT molecular complexity index is 445. The van der Waals surface area contributed by atoms with Crippen LogP contribution in [-0.4, -0.2) is 63.4 Å². The normalized spacial score (nSPS) is 27.2. The van der Waals surface area contributed by atoms with Gasteiger partial charge < -0.3 is 15.0 Å². The molecule has 1 N–H and O–H groups in total. The van der Waals surface area contributed by atoms with E-state index in [2.05, 4.69) is 15.1 Å². The molecule has 0 bridgehead atoms. The molecule has 21 heavy (non-hydrogen) atoms. The average Bonchev–Trinajstić information content (AvgIpc) is 2.97. The van der Waals surface area contributed by atoms with Gasteiger partial charge >= 0.3 is 0 Å². The molecule has 0 radical (unpaired) electrons. The van der Waals surface area contributed by atoms with Crippen molar-refractivity contribution in [2.45, 2.75) is 18.6 Å². The molecule has 0 aromatic heterocycles. The van der Waals surface area contributed by atoms with Gasteiger partial charge in [-0.25, -0.2) is 4.39 Å². The summed E-state index contributed by atoms with van der Waals surface area (Å²) in [5.41, 5.74) is 1.12. The Kier molecular flexibility index (Phi) is 4.73. The van der Waals surface area contributed by atoms with Crippen LogP contribution < -0.4 is 10.2 Å². The zero-order chi connectivity index (χ0) is 14.7. The van der Waals surface area contributed by atoms with Gasteiger partial charge in [0, 0.05) is 58.1 Å². The second-order valence-corrected chi connectivity index (χ2v) is 5.96. The first kappa shape index (κ1) is 14.8. The number of benzene rings is 1. The van der Waals surface area contributed by atoms with Gasteiger partial charge in [0.1, 0.15) is 5.82 Å². The van der Waals surface area contributed by atoms with Crippen molar-refractivity contribution < 1.29 is 9.13 Å². The lowest BCUT2D eigenvalue weighted by Gasteiger charge is -2.37. The molecule has 3 rings (SSSR count). The molecule has 2 heterocycles. The second kappa shape index (κ2) is 6.73. The summed E-state index contributed by atoms with van der Waals surface area (Å²) in [6, 6.07) is 7.36. The van der Waals surface area contributed by atoms with Crippen molar-refractivity contribution >= 4 is 5.69 Å². The van der Waals surface area contributed by atoms with Gasteiger partial charge in [-0.2, -0.15) is 0 Å². The van der Waals surface area contributed by atoms with Gasteiger partial charge in [0.2, 0.25) is 0 Å². The highest BCUT2D eigenvalue weighted by Crippen LogP contribution is 2.18. The molecular formula is C16H24FN3O. The van der Waals surface area contributed by atoms with Crippen LogP contribution in [0.1, 0.15) is 6.42 Å². The maximum Gasteiger partial charge on any atom is 0.123 e. The fraction of sp³-hybridized carbons (Fsp3) is 0.625. The van der Waals surface area contributed by atoms with E-state index in [0.717, 1.165) is 51.4 Å². The lowest BCUT2D eigenvalue weighted by Crippen LogP contribution is -2.49. The number of ether oxygens (including phenoxy) is 1. The van der Waals surface area contributed by atoms with E-state index in [1.807, 2.05) is 12.1 Å². The summed E-state index contributed by atoms with van der Waals surface area (Å²) in [7, 11) is 1.79. The smallest absolute Gasteiger partial charge is 0.123 e. The zero-order valence-corrected chi connectivity index (χ0v) is 12.6. The third-order valence-corrected chi connectivity index (χ3v) is 4.56. The van der Waals surface area contributed by atoms with Crippen LogP contribution in [0, 0.1) is 5.82 Å². The fourth-order valence-electron chi connectivity index (χ4n) is 3.25. The predicted octanol–water partition coefficient (Wildman–Crippen LogP) is 1.32. The average molecular weight is 293 g/mol. The molecule has 2 aliphatic rings. The van der Waals surface area contributed by atoms with E-state index in [1.54, 1.807) is 7.11 Å². The Morgan fingerprint density at radius 3 is 2.52 bits per heavy atom. The van der Waals surface area contributed by atoms with E-state index < -0.39 is 0 Å². The number of hydrogen-bond donors (Lipinski definition) is 1. The summed E-state index contributed by atoms with van der Waals surface area (Å²) >= 11 is 0. The van der Waals surface area contributed by atoms with Gasteiger partial charge in [0.15, 0.2) is 0 Å². The fourth-order valence-corrected chi connectivity index (χ4v) is 3.25. The zero-order valence-electron chi connectivity index (χ0n) is 12.6. The maximum atomic E-state index is 13.0. The monoisotopic (exact) mass is 293 g/mol. The van der Waals surface area contributed by atoms with E-state index in [-0.39, 0.29) is 5.82 Å². The van der Waals surface area contributed by atoms with Gasteiger partial charge in [-0.05, 0) is 30.7 Å². The van der Waals surface area contributed by atoms with Gasteiger partial charge in [-0.1, -0.05) is 0 Å². The molecule has 1 aromatic carbocycles. The minimum Gasteiger partial charge on any atom is -0.380 e. The topological polar surface area (TPSA) is 27.7 Å². The summed E-state index contributed by atoms with van der Waals surface area (Å²) in [6.07, 6.45) is 1.48. The SMILES string of the molecule is COC1CNC(CN2CCN(c3ccc(F)cc3)CC2)C1. The van der Waals surface area contributed by atoms with Gasteiger partial charge in [0.25, 0.3) is 0 Å². The van der Waals surface area contributed by atoms with E-state index in [1.165, 1.54) is 12.1 Å². The van der Waals surface area contributed by atoms with Crippen LogP contribution in [0.25, 0.3) is 0 Å². The summed E-state index contributed by atoms with van der Waals surface area (Å²) in [6.45, 7) is 6.20. The molecular weight excluding hydrogens is 269 g/mol. The van der Waals surface area contributed by atoms with Crippen molar-refractivity contribution in [2.24, 2.45) is 0 Å². The first-order valence-corrected chi connectivity index (χ1v) is 7.73. The van der Waals surface area contributed by atoms with Crippen LogP contribution >= 0.6 is 0 Å². The Labute approximate surface area is 125 Å². The largest absolute Gasteiger partial charge is 0.380 e. The molecule has 0 spiro atoms. The molecule has 1 aromatic rings. The van der Waals surface area contributed by atoms with E-state index in [9.17, 15) is 4.39 Å². The minimum absolute atomic E-state index is 0.169. The molecule has 116 valence electrons. The summed E-state index contributed by atoms with van der Waals surface area (Å²) < 4.78 is 18.4. The Hall–Kier alpha value is -1.17. The molecule has 2 saturated heterocycles. The van der Waals surface area contributed by atoms with Crippen LogP contribution in [0.4, 0.5) is 10.1 Å². The number of hydrogen-bond acceptors (Lipinski definition) is 4. The number of piperazine rings is 1. The van der Waals surface area contributed by atoms with Crippen molar-refractivity contribution in [3.05, 3.63) is 30.1 Å². The lowest BCUT2D eigenvalue weighted by atomic mass is 10.1. The van der Waals surface area contributed by atoms with Crippen molar-refractivity contribution in [1.29, 1.82) is 0 Å². The molecule has 2 unspecified atom stereocenters. The number of halogens is 1. The van der Waals surface area contributed by atoms with E-state index in [0.29, 0.717) is 12.1 Å². The van der Waals surface area contributed by atoms with E-state index in [4.69, 9.17) is 4.74 Å². The van der Waals surface area contributed by atoms with Gasteiger partial charge in [-0.15, -0.1) is 0 Å². The maximum absolute atomic E-state index is 13.0. The molecule has 0 amide bonds. The lowest BCUT2D eigenvalue weighted by molar-refractivity contribution is 0.115. The number of anilines is 1. The standard InChI is InChI=1S/C16H24FN3O/c1-21-16-10-14(18-11-16)12-19-6-8-20(9-7-19)15-4-2-13(17)3-5-15/h2-5,14,16,18H,6-12H2,1H3. The molecule has 2 fully saturated rings. The van der Waals surface area contributed by atoms with Crippen molar-refractivity contribution in [3.63, 3.8) is 0 Å². The predicted molar refractivity (Wildman–Crippen MR) is 82.3 cm³/mol.